The Labute approximate surface area is 98.6 Å². The van der Waals surface area contributed by atoms with E-state index >= 15 is 0 Å². The first-order valence-electron chi connectivity index (χ1n) is 5.44. The molecule has 1 heterocycles. The zero-order chi connectivity index (χ0) is 12.6. The molecule has 0 radical (unpaired) electrons. The van der Waals surface area contributed by atoms with Crippen LogP contribution in [0.3, 0.4) is 0 Å². The van der Waals surface area contributed by atoms with Gasteiger partial charge in [0.05, 0.1) is 0 Å². The SMILES string of the molecule is CC1(C)C[C@@H]1C(=O)Nc1ccn(CC(=O)O)n1. The van der Waals surface area contributed by atoms with E-state index in [1.165, 1.54) is 10.9 Å². The van der Waals surface area contributed by atoms with Crippen LogP contribution in [0.25, 0.3) is 0 Å². The number of carboxylic acids is 1. The Morgan fingerprint density at radius 1 is 1.65 bits per heavy atom. The van der Waals surface area contributed by atoms with E-state index in [9.17, 15) is 9.59 Å². The molecule has 1 amide bonds. The highest BCUT2D eigenvalue weighted by atomic mass is 16.4. The molecule has 6 heteroatoms. The molecule has 17 heavy (non-hydrogen) atoms. The zero-order valence-corrected chi connectivity index (χ0v) is 9.80. The predicted molar refractivity (Wildman–Crippen MR) is 60.4 cm³/mol. The molecule has 0 unspecified atom stereocenters. The maximum absolute atomic E-state index is 11.7. The van der Waals surface area contributed by atoms with Gasteiger partial charge in [-0.1, -0.05) is 13.8 Å². The number of carboxylic acid groups (broad SMARTS) is 1. The number of hydrogen-bond acceptors (Lipinski definition) is 3. The van der Waals surface area contributed by atoms with Gasteiger partial charge in [-0.15, -0.1) is 0 Å². The summed E-state index contributed by atoms with van der Waals surface area (Å²) < 4.78 is 1.27. The van der Waals surface area contributed by atoms with Crippen LogP contribution >= 0.6 is 0 Å². The number of nitrogens with one attached hydrogen (secondary N) is 1. The van der Waals surface area contributed by atoms with Crippen molar-refractivity contribution in [1.82, 2.24) is 9.78 Å². The molecular formula is C11H15N3O3. The molecule has 1 fully saturated rings. The number of aromatic nitrogens is 2. The third-order valence-electron chi connectivity index (χ3n) is 3.02. The van der Waals surface area contributed by atoms with E-state index in [2.05, 4.69) is 10.4 Å². The molecule has 2 rings (SSSR count). The Morgan fingerprint density at radius 2 is 2.29 bits per heavy atom. The lowest BCUT2D eigenvalue weighted by molar-refractivity contribution is -0.137. The summed E-state index contributed by atoms with van der Waals surface area (Å²) in [6.45, 7) is 3.88. The maximum Gasteiger partial charge on any atom is 0.325 e. The van der Waals surface area contributed by atoms with Gasteiger partial charge in [0, 0.05) is 18.2 Å². The number of aliphatic carboxylic acids is 1. The van der Waals surface area contributed by atoms with Gasteiger partial charge >= 0.3 is 5.97 Å². The van der Waals surface area contributed by atoms with Crippen LogP contribution in [0.4, 0.5) is 5.82 Å². The minimum Gasteiger partial charge on any atom is -0.480 e. The molecule has 2 N–H and O–H groups in total. The lowest BCUT2D eigenvalue weighted by Gasteiger charge is -2.03. The average Bonchev–Trinajstić information content (AvgIpc) is 2.63. The summed E-state index contributed by atoms with van der Waals surface area (Å²) in [6, 6.07) is 1.59. The molecule has 0 aromatic carbocycles. The Morgan fingerprint density at radius 3 is 2.82 bits per heavy atom. The highest BCUT2D eigenvalue weighted by Gasteiger charge is 2.50. The van der Waals surface area contributed by atoms with Crippen LogP contribution in [0.15, 0.2) is 12.3 Å². The largest absolute Gasteiger partial charge is 0.480 e. The second kappa shape index (κ2) is 3.87. The van der Waals surface area contributed by atoms with Crippen molar-refractivity contribution >= 4 is 17.7 Å². The summed E-state index contributed by atoms with van der Waals surface area (Å²) in [5, 5.41) is 15.2. The van der Waals surface area contributed by atoms with Gasteiger partial charge in [0.25, 0.3) is 0 Å². The van der Waals surface area contributed by atoms with E-state index in [0.717, 1.165) is 6.42 Å². The van der Waals surface area contributed by atoms with Crippen molar-refractivity contribution in [2.45, 2.75) is 26.8 Å². The molecule has 1 atom stereocenters. The van der Waals surface area contributed by atoms with Crippen LogP contribution in [0.5, 0.6) is 0 Å². The van der Waals surface area contributed by atoms with Gasteiger partial charge in [-0.2, -0.15) is 5.10 Å². The first kappa shape index (κ1) is 11.6. The number of carbonyl (C=O) groups is 2. The van der Waals surface area contributed by atoms with Crippen LogP contribution in [-0.2, 0) is 16.1 Å². The van der Waals surface area contributed by atoms with Crippen molar-refractivity contribution in [3.63, 3.8) is 0 Å². The van der Waals surface area contributed by atoms with Crippen LogP contribution in [0, 0.1) is 11.3 Å². The summed E-state index contributed by atoms with van der Waals surface area (Å²) in [6.07, 6.45) is 2.41. The molecule has 0 saturated heterocycles. The van der Waals surface area contributed by atoms with E-state index in [1.54, 1.807) is 6.07 Å². The average molecular weight is 237 g/mol. The standard InChI is InChI=1S/C11H15N3O3/c1-11(2)5-7(11)10(17)12-8-3-4-14(13-8)6-9(15)16/h3-4,7H,5-6H2,1-2H3,(H,15,16)(H,12,13,17)/t7-/m1/s1. The molecule has 0 aliphatic heterocycles. The monoisotopic (exact) mass is 237 g/mol. The molecular weight excluding hydrogens is 222 g/mol. The second-order valence-electron chi connectivity index (χ2n) is 5.03. The number of rotatable bonds is 4. The van der Waals surface area contributed by atoms with E-state index in [4.69, 9.17) is 5.11 Å². The number of amides is 1. The molecule has 1 saturated carbocycles. The number of nitrogens with zero attached hydrogens (tertiary/aromatic N) is 2. The van der Waals surface area contributed by atoms with Gasteiger partial charge in [-0.05, 0) is 11.8 Å². The number of anilines is 1. The summed E-state index contributed by atoms with van der Waals surface area (Å²) in [4.78, 5) is 22.2. The molecule has 1 aromatic heterocycles. The Bertz CT molecular complexity index is 464. The van der Waals surface area contributed by atoms with Crippen molar-refractivity contribution in [3.8, 4) is 0 Å². The molecule has 6 nitrogen and oxygen atoms in total. The lowest BCUT2D eigenvalue weighted by Crippen LogP contribution is -2.17. The fourth-order valence-corrected chi connectivity index (χ4v) is 1.78. The molecule has 1 aromatic rings. The fourth-order valence-electron chi connectivity index (χ4n) is 1.78. The van der Waals surface area contributed by atoms with Gasteiger partial charge < -0.3 is 10.4 Å². The highest BCUT2D eigenvalue weighted by Crippen LogP contribution is 2.51. The van der Waals surface area contributed by atoms with Crippen LogP contribution in [0.2, 0.25) is 0 Å². The van der Waals surface area contributed by atoms with Gasteiger partial charge in [-0.3, -0.25) is 14.3 Å². The second-order valence-corrected chi connectivity index (χ2v) is 5.03. The van der Waals surface area contributed by atoms with Crippen LogP contribution in [-0.4, -0.2) is 26.8 Å². The van der Waals surface area contributed by atoms with Gasteiger partial charge in [0.15, 0.2) is 5.82 Å². The third kappa shape index (κ3) is 2.64. The minimum absolute atomic E-state index is 0.0344. The van der Waals surface area contributed by atoms with Crippen molar-refractivity contribution in [3.05, 3.63) is 12.3 Å². The third-order valence-corrected chi connectivity index (χ3v) is 3.02. The van der Waals surface area contributed by atoms with Crippen molar-refractivity contribution in [2.75, 3.05) is 5.32 Å². The Balaban J connectivity index is 1.93. The highest BCUT2D eigenvalue weighted by molar-refractivity contribution is 5.94. The predicted octanol–water partition coefficient (Wildman–Crippen LogP) is 0.952. The number of hydrogen-bond donors (Lipinski definition) is 2. The quantitative estimate of drug-likeness (QED) is 0.816. The molecule has 92 valence electrons. The maximum atomic E-state index is 11.7. The van der Waals surface area contributed by atoms with Crippen LogP contribution < -0.4 is 5.32 Å². The van der Waals surface area contributed by atoms with E-state index in [-0.39, 0.29) is 23.8 Å². The van der Waals surface area contributed by atoms with Gasteiger partial charge in [-0.25, -0.2) is 0 Å². The zero-order valence-electron chi connectivity index (χ0n) is 9.80. The minimum atomic E-state index is -0.964. The van der Waals surface area contributed by atoms with Crippen LogP contribution in [0.1, 0.15) is 20.3 Å². The molecule has 0 spiro atoms. The lowest BCUT2D eigenvalue weighted by atomic mass is 10.1. The van der Waals surface area contributed by atoms with E-state index < -0.39 is 5.97 Å². The topological polar surface area (TPSA) is 84.2 Å². The smallest absolute Gasteiger partial charge is 0.325 e. The fraction of sp³-hybridized carbons (Fsp3) is 0.545. The molecule has 0 bridgehead atoms. The first-order chi connectivity index (χ1) is 7.88. The summed E-state index contributed by atoms with van der Waals surface area (Å²) in [5.74, 6) is -0.573. The van der Waals surface area contributed by atoms with Crippen molar-refractivity contribution in [1.29, 1.82) is 0 Å². The van der Waals surface area contributed by atoms with Crippen molar-refractivity contribution in [2.24, 2.45) is 11.3 Å². The Hall–Kier alpha value is -1.85. The summed E-state index contributed by atoms with van der Waals surface area (Å²) in [7, 11) is 0. The molecule has 1 aliphatic rings. The van der Waals surface area contributed by atoms with E-state index in [1.807, 2.05) is 13.8 Å². The van der Waals surface area contributed by atoms with E-state index in [0.29, 0.717) is 5.82 Å². The summed E-state index contributed by atoms with van der Waals surface area (Å²) in [5.41, 5.74) is 0.0771. The summed E-state index contributed by atoms with van der Waals surface area (Å²) >= 11 is 0. The van der Waals surface area contributed by atoms with Gasteiger partial charge in [0.2, 0.25) is 5.91 Å². The number of carbonyl (C=O) groups excluding carboxylic acids is 1. The normalized spacial score (nSPS) is 20.9. The first-order valence-corrected chi connectivity index (χ1v) is 5.44. The Kier molecular flexibility index (Phi) is 2.65. The van der Waals surface area contributed by atoms with Crippen molar-refractivity contribution < 1.29 is 14.7 Å². The molecule has 1 aliphatic carbocycles. The van der Waals surface area contributed by atoms with Gasteiger partial charge in [0.1, 0.15) is 6.54 Å².